The normalized spacial score (nSPS) is 12.5. The fourth-order valence-corrected chi connectivity index (χ4v) is 4.17. The van der Waals surface area contributed by atoms with E-state index in [1.807, 2.05) is 18.2 Å². The number of nitrogens with one attached hydrogen (secondary N) is 2. The van der Waals surface area contributed by atoms with E-state index in [1.165, 1.54) is 11.2 Å². The molecule has 0 radical (unpaired) electrons. The number of rotatable bonds is 4. The fraction of sp³-hybridized carbons (Fsp3) is 0.150. The molecule has 0 aliphatic carbocycles. The number of aromatic nitrogens is 6. The van der Waals surface area contributed by atoms with Crippen LogP contribution in [0.4, 0.5) is 5.82 Å². The van der Waals surface area contributed by atoms with E-state index in [-0.39, 0.29) is 6.04 Å². The molecule has 0 saturated heterocycles. The van der Waals surface area contributed by atoms with Crippen LogP contribution in [0.5, 0.6) is 0 Å². The van der Waals surface area contributed by atoms with Gasteiger partial charge in [0.05, 0.1) is 23.8 Å². The third kappa shape index (κ3) is 2.87. The van der Waals surface area contributed by atoms with E-state index < -0.39 is 0 Å². The maximum atomic E-state index is 4.94. The van der Waals surface area contributed by atoms with Crippen molar-refractivity contribution in [1.82, 2.24) is 29.9 Å². The Kier molecular flexibility index (Phi) is 3.98. The molecule has 0 amide bonds. The summed E-state index contributed by atoms with van der Waals surface area (Å²) < 4.78 is 0. The van der Waals surface area contributed by atoms with Gasteiger partial charge in [0, 0.05) is 22.0 Å². The number of thiophene rings is 1. The number of H-pyrrole nitrogens is 1. The van der Waals surface area contributed by atoms with Crippen molar-refractivity contribution >= 4 is 38.5 Å². The number of hydrogen-bond acceptors (Lipinski definition) is 7. The molecule has 28 heavy (non-hydrogen) atoms. The number of fused-ring (bicyclic) bond motifs is 2. The average Bonchev–Trinajstić information content (AvgIpc) is 3.33. The summed E-state index contributed by atoms with van der Waals surface area (Å²) in [7, 11) is 0. The molecular weight excluding hydrogens is 370 g/mol. The molecule has 0 unspecified atom stereocenters. The van der Waals surface area contributed by atoms with Crippen LogP contribution in [0.3, 0.4) is 0 Å². The molecule has 7 nitrogen and oxygen atoms in total. The van der Waals surface area contributed by atoms with Crippen LogP contribution in [0, 0.1) is 6.92 Å². The van der Waals surface area contributed by atoms with Crippen LogP contribution in [-0.2, 0) is 0 Å². The molecule has 5 aromatic rings. The number of hydrogen-bond donors (Lipinski definition) is 2. The molecular formula is C20H17N7S. The summed E-state index contributed by atoms with van der Waals surface area (Å²) in [6, 6.07) is 10.2. The highest BCUT2D eigenvalue weighted by atomic mass is 32.1. The molecule has 0 aliphatic heterocycles. The predicted octanol–water partition coefficient (Wildman–Crippen LogP) is 4.51. The first-order valence-corrected chi connectivity index (χ1v) is 9.74. The van der Waals surface area contributed by atoms with Gasteiger partial charge in [-0.2, -0.15) is 0 Å². The van der Waals surface area contributed by atoms with E-state index >= 15 is 0 Å². The second kappa shape index (κ2) is 6.65. The van der Waals surface area contributed by atoms with Gasteiger partial charge < -0.3 is 10.3 Å². The van der Waals surface area contributed by atoms with E-state index in [9.17, 15) is 0 Å². The summed E-state index contributed by atoms with van der Waals surface area (Å²) in [5.41, 5.74) is 4.21. The van der Waals surface area contributed by atoms with E-state index in [1.54, 1.807) is 23.9 Å². The third-order valence-electron chi connectivity index (χ3n) is 4.61. The Labute approximate surface area is 165 Å². The Morgan fingerprint density at radius 2 is 2.04 bits per heavy atom. The lowest BCUT2D eigenvalue weighted by molar-refractivity contribution is 0.872. The van der Waals surface area contributed by atoms with E-state index in [0.29, 0.717) is 17.0 Å². The van der Waals surface area contributed by atoms with Crippen LogP contribution in [0.25, 0.3) is 32.8 Å². The van der Waals surface area contributed by atoms with Gasteiger partial charge >= 0.3 is 0 Å². The minimum absolute atomic E-state index is 0.0519. The van der Waals surface area contributed by atoms with Gasteiger partial charge in [-0.15, -0.1) is 11.3 Å². The zero-order valence-electron chi connectivity index (χ0n) is 15.3. The molecule has 0 saturated carbocycles. The van der Waals surface area contributed by atoms with Crippen LogP contribution < -0.4 is 5.32 Å². The van der Waals surface area contributed by atoms with Crippen molar-refractivity contribution in [2.75, 3.05) is 5.32 Å². The number of pyridine rings is 2. The number of aryl methyl sites for hydroxylation is 1. The van der Waals surface area contributed by atoms with Crippen LogP contribution in [-0.4, -0.2) is 29.9 Å². The van der Waals surface area contributed by atoms with Crippen molar-refractivity contribution < 1.29 is 0 Å². The molecule has 138 valence electrons. The third-order valence-corrected chi connectivity index (χ3v) is 5.57. The van der Waals surface area contributed by atoms with Gasteiger partial charge in [0.1, 0.15) is 16.7 Å². The van der Waals surface area contributed by atoms with Crippen molar-refractivity contribution in [2.45, 2.75) is 19.9 Å². The van der Waals surface area contributed by atoms with Gasteiger partial charge in [0.15, 0.2) is 11.5 Å². The van der Waals surface area contributed by atoms with Crippen molar-refractivity contribution in [3.63, 3.8) is 0 Å². The van der Waals surface area contributed by atoms with Gasteiger partial charge in [-0.25, -0.2) is 19.9 Å². The number of aromatic amines is 1. The molecule has 5 aromatic heterocycles. The highest BCUT2D eigenvalue weighted by molar-refractivity contribution is 7.18. The standard InChI is InChI=1S/C20H17N7S/c1-11-7-13-8-14(16(27-20(13)28-11)15-5-3-4-6-21-15)12(2)26-19-17-18(23-9-22-17)24-10-25-19/h3-10,12H,1-2H3,(H2,22,23,24,25,26)/t12-/m0/s1. The molecule has 1 atom stereocenters. The van der Waals surface area contributed by atoms with E-state index in [2.05, 4.69) is 56.2 Å². The van der Waals surface area contributed by atoms with Crippen LogP contribution in [0.1, 0.15) is 23.4 Å². The minimum atomic E-state index is -0.0519. The summed E-state index contributed by atoms with van der Waals surface area (Å²) in [6.45, 7) is 4.19. The summed E-state index contributed by atoms with van der Waals surface area (Å²) in [5, 5.41) is 4.61. The molecule has 0 spiro atoms. The van der Waals surface area contributed by atoms with Gasteiger partial charge in [-0.1, -0.05) is 6.07 Å². The largest absolute Gasteiger partial charge is 0.362 e. The molecule has 0 fully saturated rings. The van der Waals surface area contributed by atoms with Gasteiger partial charge in [-0.3, -0.25) is 4.98 Å². The number of nitrogens with zero attached hydrogens (tertiary/aromatic N) is 5. The highest BCUT2D eigenvalue weighted by Gasteiger charge is 2.18. The topological polar surface area (TPSA) is 92.3 Å². The monoisotopic (exact) mass is 387 g/mol. The van der Waals surface area contributed by atoms with Crippen molar-refractivity contribution in [1.29, 1.82) is 0 Å². The SMILES string of the molecule is Cc1cc2cc([C@H](C)Nc3ncnc4[nH]cnc34)c(-c3ccccn3)nc2s1. The summed E-state index contributed by atoms with van der Waals surface area (Å²) in [6.07, 6.45) is 4.94. The molecule has 0 aliphatic rings. The Morgan fingerprint density at radius 1 is 1.11 bits per heavy atom. The Hall–Kier alpha value is -3.39. The van der Waals surface area contributed by atoms with Crippen molar-refractivity contribution in [3.05, 3.63) is 59.6 Å². The molecule has 5 rings (SSSR count). The first-order chi connectivity index (χ1) is 13.7. The number of imidazole rings is 1. The Balaban J connectivity index is 1.63. The fourth-order valence-electron chi connectivity index (χ4n) is 3.31. The second-order valence-corrected chi connectivity index (χ2v) is 7.82. The Morgan fingerprint density at radius 3 is 2.89 bits per heavy atom. The zero-order valence-corrected chi connectivity index (χ0v) is 16.2. The predicted molar refractivity (Wildman–Crippen MR) is 111 cm³/mol. The zero-order chi connectivity index (χ0) is 19.1. The summed E-state index contributed by atoms with van der Waals surface area (Å²) in [4.78, 5) is 27.6. The Bertz CT molecular complexity index is 1280. The maximum Gasteiger partial charge on any atom is 0.162 e. The minimum Gasteiger partial charge on any atom is -0.362 e. The lowest BCUT2D eigenvalue weighted by atomic mass is 10.0. The van der Waals surface area contributed by atoms with E-state index in [0.717, 1.165) is 27.2 Å². The van der Waals surface area contributed by atoms with Crippen molar-refractivity contribution in [3.8, 4) is 11.4 Å². The lowest BCUT2D eigenvalue weighted by Crippen LogP contribution is -2.11. The maximum absolute atomic E-state index is 4.94. The highest BCUT2D eigenvalue weighted by Crippen LogP contribution is 2.34. The molecule has 2 N–H and O–H groups in total. The summed E-state index contributed by atoms with van der Waals surface area (Å²) >= 11 is 1.69. The van der Waals surface area contributed by atoms with Crippen LogP contribution in [0.15, 0.2) is 49.2 Å². The molecule has 0 aromatic carbocycles. The van der Waals surface area contributed by atoms with Crippen LogP contribution >= 0.6 is 11.3 Å². The first kappa shape index (κ1) is 16.8. The van der Waals surface area contributed by atoms with E-state index in [4.69, 9.17) is 4.98 Å². The van der Waals surface area contributed by atoms with Gasteiger partial charge in [0.25, 0.3) is 0 Å². The smallest absolute Gasteiger partial charge is 0.162 e. The van der Waals surface area contributed by atoms with Crippen LogP contribution in [0.2, 0.25) is 0 Å². The lowest BCUT2D eigenvalue weighted by Gasteiger charge is -2.18. The molecule has 8 heteroatoms. The average molecular weight is 387 g/mol. The second-order valence-electron chi connectivity index (χ2n) is 6.58. The quantitative estimate of drug-likeness (QED) is 0.471. The molecule has 5 heterocycles. The molecule has 0 bridgehead atoms. The van der Waals surface area contributed by atoms with Crippen molar-refractivity contribution in [2.24, 2.45) is 0 Å². The number of anilines is 1. The van der Waals surface area contributed by atoms with Gasteiger partial charge in [-0.05, 0) is 38.1 Å². The van der Waals surface area contributed by atoms with Gasteiger partial charge in [0.2, 0.25) is 0 Å². The summed E-state index contributed by atoms with van der Waals surface area (Å²) in [5.74, 6) is 0.687. The first-order valence-electron chi connectivity index (χ1n) is 8.92.